The van der Waals surface area contributed by atoms with Gasteiger partial charge in [0, 0.05) is 55.9 Å². The summed E-state index contributed by atoms with van der Waals surface area (Å²) in [5.74, 6) is 0.0191. The zero-order chi connectivity index (χ0) is 29.5. The van der Waals surface area contributed by atoms with Crippen LogP contribution in [0, 0.1) is 5.82 Å². The van der Waals surface area contributed by atoms with Crippen LogP contribution in [0.5, 0.6) is 5.75 Å². The second kappa shape index (κ2) is 13.9. The van der Waals surface area contributed by atoms with Crippen LogP contribution in [-0.2, 0) is 14.3 Å². The Kier molecular flexibility index (Phi) is 9.83. The number of nitrogens with zero attached hydrogens (tertiary/aromatic N) is 4. The van der Waals surface area contributed by atoms with Crippen molar-refractivity contribution in [3.63, 3.8) is 0 Å². The molecule has 1 amide bonds. The molecule has 3 aromatic rings. The van der Waals surface area contributed by atoms with E-state index >= 15 is 0 Å². The van der Waals surface area contributed by atoms with E-state index in [0.717, 1.165) is 45.4 Å². The van der Waals surface area contributed by atoms with Crippen molar-refractivity contribution >= 4 is 51.6 Å². The first-order valence-electron chi connectivity index (χ1n) is 14.1. The molecule has 1 saturated heterocycles. The lowest BCUT2D eigenvalue weighted by atomic mass is 9.96. The molecule has 2 N–H and O–H groups in total. The van der Waals surface area contributed by atoms with Crippen molar-refractivity contribution in [1.29, 1.82) is 0 Å². The van der Waals surface area contributed by atoms with Crippen molar-refractivity contribution in [3.05, 3.63) is 59.7 Å². The Morgan fingerprint density at radius 1 is 1.12 bits per heavy atom. The van der Waals surface area contributed by atoms with Crippen molar-refractivity contribution in [2.45, 2.75) is 32.3 Å². The number of fused-ring (bicyclic) bond motifs is 1. The zero-order valence-corrected chi connectivity index (χ0v) is 24.2. The maximum Gasteiger partial charge on any atom is 0.320 e. The van der Waals surface area contributed by atoms with Gasteiger partial charge < -0.3 is 20.1 Å². The van der Waals surface area contributed by atoms with Gasteiger partial charge in [-0.1, -0.05) is 17.7 Å². The average Bonchev–Trinajstić information content (AvgIpc) is 2.94. The van der Waals surface area contributed by atoms with Gasteiger partial charge in [0.1, 0.15) is 23.7 Å². The monoisotopic (exact) mass is 596 g/mol. The molecule has 0 bridgehead atoms. The molecule has 10 nitrogen and oxygen atoms in total. The summed E-state index contributed by atoms with van der Waals surface area (Å²) in [6.07, 6.45) is 7.90. The normalized spacial score (nSPS) is 16.4. The first-order valence-corrected chi connectivity index (χ1v) is 14.5. The smallest absolute Gasteiger partial charge is 0.320 e. The number of piperazine rings is 1. The third-order valence-electron chi connectivity index (χ3n) is 7.28. The van der Waals surface area contributed by atoms with Crippen molar-refractivity contribution in [1.82, 2.24) is 19.8 Å². The number of ether oxygens (including phenoxy) is 2. The highest BCUT2D eigenvalue weighted by Gasteiger charge is 2.22. The third kappa shape index (κ3) is 7.72. The average molecular weight is 597 g/mol. The Labute approximate surface area is 248 Å². The maximum atomic E-state index is 13.7. The van der Waals surface area contributed by atoms with E-state index in [-0.39, 0.29) is 23.0 Å². The number of nitrogens with one attached hydrogen (secondary N) is 2. The number of esters is 1. The molecule has 1 saturated carbocycles. The lowest BCUT2D eigenvalue weighted by molar-refractivity contribution is -0.144. The van der Waals surface area contributed by atoms with Crippen LogP contribution in [0.1, 0.15) is 26.2 Å². The molecule has 222 valence electrons. The Hall–Kier alpha value is -3.80. The fourth-order valence-electron chi connectivity index (χ4n) is 4.76. The molecule has 5 rings (SSSR count). The van der Waals surface area contributed by atoms with Crippen LogP contribution in [0.3, 0.4) is 0 Å². The summed E-state index contributed by atoms with van der Waals surface area (Å²) < 4.78 is 24.9. The fourth-order valence-corrected chi connectivity index (χ4v) is 4.94. The molecule has 0 unspecified atom stereocenters. The molecule has 0 spiro atoms. The van der Waals surface area contributed by atoms with E-state index in [4.69, 9.17) is 21.1 Å². The largest absolute Gasteiger partial charge is 0.488 e. The number of amides is 1. The van der Waals surface area contributed by atoms with Crippen LogP contribution < -0.4 is 15.4 Å². The Morgan fingerprint density at radius 2 is 1.90 bits per heavy atom. The molecule has 0 atom stereocenters. The topological polar surface area (TPSA) is 109 Å². The summed E-state index contributed by atoms with van der Waals surface area (Å²) in [6, 6.07) is 7.90. The molecule has 1 aromatic heterocycles. The zero-order valence-electron chi connectivity index (χ0n) is 23.4. The second-order valence-corrected chi connectivity index (χ2v) is 10.7. The first-order chi connectivity index (χ1) is 20.4. The highest BCUT2D eigenvalue weighted by atomic mass is 35.5. The van der Waals surface area contributed by atoms with Gasteiger partial charge in [-0.05, 0) is 50.5 Å². The van der Waals surface area contributed by atoms with E-state index in [2.05, 4.69) is 30.4 Å². The number of benzene rings is 2. The highest BCUT2D eigenvalue weighted by Crippen LogP contribution is 2.36. The predicted molar refractivity (Wildman–Crippen MR) is 160 cm³/mol. The molecule has 2 aliphatic rings. The summed E-state index contributed by atoms with van der Waals surface area (Å²) in [5, 5.41) is 6.77. The predicted octanol–water partition coefficient (Wildman–Crippen LogP) is 4.77. The van der Waals surface area contributed by atoms with Crippen LogP contribution in [0.2, 0.25) is 5.02 Å². The Morgan fingerprint density at radius 3 is 2.62 bits per heavy atom. The number of anilines is 3. The van der Waals surface area contributed by atoms with Gasteiger partial charge in [0.15, 0.2) is 0 Å². The van der Waals surface area contributed by atoms with E-state index < -0.39 is 5.82 Å². The van der Waals surface area contributed by atoms with Crippen LogP contribution in [-0.4, -0.2) is 83.6 Å². The fraction of sp³-hybridized carbons (Fsp3) is 0.400. The van der Waals surface area contributed by atoms with Crippen LogP contribution >= 0.6 is 11.6 Å². The molecule has 1 aliphatic carbocycles. The number of aromatic nitrogens is 2. The number of carbonyl (C=O) groups is 2. The van der Waals surface area contributed by atoms with Crippen molar-refractivity contribution < 1.29 is 23.5 Å². The molecule has 2 fully saturated rings. The lowest BCUT2D eigenvalue weighted by Crippen LogP contribution is -2.48. The summed E-state index contributed by atoms with van der Waals surface area (Å²) in [7, 11) is 0. The van der Waals surface area contributed by atoms with Gasteiger partial charge in [-0.15, -0.1) is 0 Å². The number of rotatable bonds is 11. The van der Waals surface area contributed by atoms with Crippen LogP contribution in [0.4, 0.5) is 21.6 Å². The number of hydrogen-bond donors (Lipinski definition) is 2. The van der Waals surface area contributed by atoms with Gasteiger partial charge in [-0.25, -0.2) is 14.4 Å². The Balaban J connectivity index is 1.26. The minimum Gasteiger partial charge on any atom is -0.488 e. The summed E-state index contributed by atoms with van der Waals surface area (Å²) in [6.45, 7) is 6.23. The maximum absolute atomic E-state index is 13.7. The molecule has 2 aromatic carbocycles. The van der Waals surface area contributed by atoms with E-state index in [1.165, 1.54) is 24.5 Å². The van der Waals surface area contributed by atoms with Crippen LogP contribution in [0.25, 0.3) is 10.9 Å². The van der Waals surface area contributed by atoms with E-state index in [1.54, 1.807) is 25.1 Å². The second-order valence-electron chi connectivity index (χ2n) is 10.3. The van der Waals surface area contributed by atoms with Gasteiger partial charge >= 0.3 is 5.97 Å². The molecule has 0 radical (unpaired) electrons. The molecule has 2 heterocycles. The number of hydrogen-bond acceptors (Lipinski definition) is 9. The third-order valence-corrected chi connectivity index (χ3v) is 7.57. The summed E-state index contributed by atoms with van der Waals surface area (Å²) in [5.41, 5.74) is 1.70. The minimum absolute atomic E-state index is 0.00663. The Bertz CT molecular complexity index is 1460. The van der Waals surface area contributed by atoms with Gasteiger partial charge in [-0.3, -0.25) is 19.4 Å². The first kappa shape index (κ1) is 29.7. The molecule has 12 heteroatoms. The van der Waals surface area contributed by atoms with Gasteiger partial charge in [0.2, 0.25) is 5.91 Å². The molecule has 1 aliphatic heterocycles. The van der Waals surface area contributed by atoms with E-state index in [1.807, 2.05) is 6.08 Å². The van der Waals surface area contributed by atoms with E-state index in [0.29, 0.717) is 53.5 Å². The molecular weight excluding hydrogens is 563 g/mol. The lowest BCUT2D eigenvalue weighted by Gasteiger charge is -2.33. The number of halogens is 2. The van der Waals surface area contributed by atoms with Gasteiger partial charge in [-0.2, -0.15) is 0 Å². The molecular formula is C30H34ClFN6O4. The van der Waals surface area contributed by atoms with Crippen molar-refractivity contribution in [3.8, 4) is 5.75 Å². The van der Waals surface area contributed by atoms with Crippen molar-refractivity contribution in [2.24, 2.45) is 0 Å². The standard InChI is InChI=1S/C30H34ClFN6O4/c1-2-41-29(40)18-38-13-11-37(12-14-38)10-4-7-28(39)36-26-16-22-25(17-27(26)42-21-5-3-6-21)33-19-34-30(22)35-20-8-9-24(32)23(31)15-20/h4,7-9,15-17,19,21H,2-3,5-6,10-14,18H2,1H3,(H,36,39)(H,33,34,35)/b7-4+. The minimum atomic E-state index is -0.512. The highest BCUT2D eigenvalue weighted by molar-refractivity contribution is 6.31. The number of carbonyl (C=O) groups excluding carboxylic acids is 2. The quantitative estimate of drug-likeness (QED) is 0.239. The van der Waals surface area contributed by atoms with Gasteiger partial charge in [0.05, 0.1) is 35.5 Å². The summed E-state index contributed by atoms with van der Waals surface area (Å²) >= 11 is 5.96. The van der Waals surface area contributed by atoms with Crippen molar-refractivity contribution in [2.75, 3.05) is 56.5 Å². The summed E-state index contributed by atoms with van der Waals surface area (Å²) in [4.78, 5) is 37.7. The van der Waals surface area contributed by atoms with E-state index in [9.17, 15) is 14.0 Å². The van der Waals surface area contributed by atoms with Gasteiger partial charge in [0.25, 0.3) is 0 Å². The SMILES string of the molecule is CCOC(=O)CN1CCN(C/C=C/C(=O)Nc2cc3c(Nc4ccc(F)c(Cl)c4)ncnc3cc2OC2CCC2)CC1. The molecule has 42 heavy (non-hydrogen) atoms. The van der Waals surface area contributed by atoms with Crippen LogP contribution in [0.15, 0.2) is 48.8 Å².